The van der Waals surface area contributed by atoms with Gasteiger partial charge in [0.15, 0.2) is 6.61 Å². The smallest absolute Gasteiger partial charge is 0.325 e. The highest BCUT2D eigenvalue weighted by molar-refractivity contribution is 7.13. The molecule has 3 aromatic rings. The van der Waals surface area contributed by atoms with Gasteiger partial charge in [0, 0.05) is 5.56 Å². The zero-order valence-corrected chi connectivity index (χ0v) is 15.1. The number of rotatable bonds is 6. The van der Waals surface area contributed by atoms with E-state index in [4.69, 9.17) is 9.26 Å². The molecular weight excluding hydrogens is 354 g/mol. The highest BCUT2D eigenvalue weighted by Gasteiger charge is 2.13. The van der Waals surface area contributed by atoms with Crippen molar-refractivity contribution in [2.75, 3.05) is 6.54 Å². The summed E-state index contributed by atoms with van der Waals surface area (Å²) >= 11 is 1.47. The lowest BCUT2D eigenvalue weighted by molar-refractivity contribution is -0.143. The van der Waals surface area contributed by atoms with E-state index in [1.54, 1.807) is 12.1 Å². The van der Waals surface area contributed by atoms with Crippen molar-refractivity contribution in [2.24, 2.45) is 0 Å². The number of carbonyl (C=O) groups excluding carboxylic acids is 2. The van der Waals surface area contributed by atoms with Crippen molar-refractivity contribution in [2.45, 2.75) is 20.5 Å². The van der Waals surface area contributed by atoms with E-state index in [9.17, 15) is 9.59 Å². The Morgan fingerprint density at radius 1 is 1.23 bits per heavy atom. The normalized spacial score (nSPS) is 10.5. The monoisotopic (exact) mass is 371 g/mol. The van der Waals surface area contributed by atoms with Gasteiger partial charge in [0.1, 0.15) is 6.54 Å². The minimum atomic E-state index is -0.579. The second kappa shape index (κ2) is 7.92. The molecule has 0 atom stereocenters. The van der Waals surface area contributed by atoms with Crippen molar-refractivity contribution in [1.29, 1.82) is 0 Å². The summed E-state index contributed by atoms with van der Waals surface area (Å²) in [4.78, 5) is 28.8. The molecule has 3 rings (SSSR count). The molecule has 0 unspecified atom stereocenters. The Morgan fingerprint density at radius 3 is 2.81 bits per heavy atom. The fourth-order valence-corrected chi connectivity index (χ4v) is 2.79. The van der Waals surface area contributed by atoms with Crippen LogP contribution in [0.25, 0.3) is 10.8 Å². The van der Waals surface area contributed by atoms with Gasteiger partial charge in [0.2, 0.25) is 5.82 Å². The van der Waals surface area contributed by atoms with E-state index in [2.05, 4.69) is 15.5 Å². The van der Waals surface area contributed by atoms with E-state index in [-0.39, 0.29) is 24.9 Å². The van der Waals surface area contributed by atoms with Crippen LogP contribution in [0.3, 0.4) is 0 Å². The predicted molar refractivity (Wildman–Crippen MR) is 95.7 cm³/mol. The number of hydrogen-bond donors (Lipinski definition) is 1. The zero-order chi connectivity index (χ0) is 18.5. The molecular formula is C18H17N3O4S. The summed E-state index contributed by atoms with van der Waals surface area (Å²) in [6, 6.07) is 9.10. The zero-order valence-electron chi connectivity index (χ0n) is 14.3. The first kappa shape index (κ1) is 17.8. The molecule has 8 heteroatoms. The van der Waals surface area contributed by atoms with Crippen LogP contribution in [-0.2, 0) is 16.1 Å². The van der Waals surface area contributed by atoms with Crippen LogP contribution in [-0.4, -0.2) is 28.6 Å². The molecule has 2 aromatic heterocycles. The Bertz CT molecular complexity index is 918. The lowest BCUT2D eigenvalue weighted by Crippen LogP contribution is -2.30. The molecule has 0 aliphatic rings. The summed E-state index contributed by atoms with van der Waals surface area (Å²) in [5.74, 6) is -0.259. The molecule has 0 saturated carbocycles. The second-order valence-corrected chi connectivity index (χ2v) is 6.58. The fraction of sp³-hybridized carbons (Fsp3) is 0.222. The van der Waals surface area contributed by atoms with Crippen LogP contribution in [0, 0.1) is 13.8 Å². The van der Waals surface area contributed by atoms with Crippen LogP contribution in [0.5, 0.6) is 0 Å². The van der Waals surface area contributed by atoms with Gasteiger partial charge in [-0.3, -0.25) is 9.59 Å². The van der Waals surface area contributed by atoms with Gasteiger partial charge in [-0.2, -0.15) is 4.98 Å². The average molecular weight is 371 g/mol. The number of aromatic nitrogens is 2. The number of hydrogen-bond acceptors (Lipinski definition) is 7. The third-order valence-corrected chi connectivity index (χ3v) is 4.58. The van der Waals surface area contributed by atoms with Crippen LogP contribution in [0.15, 0.2) is 40.2 Å². The van der Waals surface area contributed by atoms with E-state index in [1.807, 2.05) is 37.4 Å². The molecule has 1 aromatic carbocycles. The van der Waals surface area contributed by atoms with Crippen LogP contribution >= 0.6 is 11.3 Å². The van der Waals surface area contributed by atoms with E-state index >= 15 is 0 Å². The minimum absolute atomic E-state index is 0.118. The van der Waals surface area contributed by atoms with Crippen molar-refractivity contribution in [3.05, 3.63) is 58.2 Å². The number of amides is 1. The second-order valence-electron chi connectivity index (χ2n) is 5.64. The molecule has 0 fully saturated rings. The van der Waals surface area contributed by atoms with E-state index in [1.165, 1.54) is 11.3 Å². The molecule has 0 bridgehead atoms. The summed E-state index contributed by atoms with van der Waals surface area (Å²) in [6.07, 6.45) is 0. The molecule has 0 saturated heterocycles. The highest BCUT2D eigenvalue weighted by atomic mass is 32.1. The first-order valence-electron chi connectivity index (χ1n) is 7.90. The van der Waals surface area contributed by atoms with Crippen molar-refractivity contribution < 1.29 is 18.8 Å². The summed E-state index contributed by atoms with van der Waals surface area (Å²) < 4.78 is 10.2. The molecule has 7 nitrogen and oxygen atoms in total. The average Bonchev–Trinajstić information content (AvgIpc) is 3.31. The van der Waals surface area contributed by atoms with Crippen LogP contribution in [0.2, 0.25) is 0 Å². The van der Waals surface area contributed by atoms with Gasteiger partial charge in [-0.1, -0.05) is 17.3 Å². The number of thiophene rings is 1. The highest BCUT2D eigenvalue weighted by Crippen LogP contribution is 2.22. The Hall–Kier alpha value is -3.00. The van der Waals surface area contributed by atoms with Gasteiger partial charge in [0.05, 0.1) is 4.88 Å². The van der Waals surface area contributed by atoms with Gasteiger partial charge in [-0.15, -0.1) is 11.3 Å². The predicted octanol–water partition coefficient (Wildman–Crippen LogP) is 2.89. The molecule has 1 N–H and O–H groups in total. The third-order valence-electron chi connectivity index (χ3n) is 3.72. The van der Waals surface area contributed by atoms with E-state index in [0.29, 0.717) is 11.5 Å². The molecule has 0 aliphatic carbocycles. The maximum Gasteiger partial charge on any atom is 0.325 e. The van der Waals surface area contributed by atoms with E-state index < -0.39 is 5.97 Å². The SMILES string of the molecule is Cc1ccc(C(=O)NCC(=O)OCc2noc(-c3cccs3)n2)cc1C. The quantitative estimate of drug-likeness (QED) is 0.670. The molecule has 2 heterocycles. The Kier molecular flexibility index (Phi) is 5.43. The molecule has 26 heavy (non-hydrogen) atoms. The lowest BCUT2D eigenvalue weighted by atomic mass is 10.1. The molecule has 0 aliphatic heterocycles. The lowest BCUT2D eigenvalue weighted by Gasteiger charge is -2.07. The van der Waals surface area contributed by atoms with Crippen LogP contribution in [0.4, 0.5) is 0 Å². The number of carbonyl (C=O) groups is 2. The van der Waals surface area contributed by atoms with Crippen molar-refractivity contribution in [1.82, 2.24) is 15.5 Å². The molecule has 0 spiro atoms. The van der Waals surface area contributed by atoms with Crippen LogP contribution in [0.1, 0.15) is 27.3 Å². The van der Waals surface area contributed by atoms with Gasteiger partial charge < -0.3 is 14.6 Å². The minimum Gasteiger partial charge on any atom is -0.456 e. The largest absolute Gasteiger partial charge is 0.456 e. The topological polar surface area (TPSA) is 94.3 Å². The van der Waals surface area contributed by atoms with Gasteiger partial charge in [0.25, 0.3) is 11.8 Å². The summed E-state index contributed by atoms with van der Waals surface area (Å²) in [5.41, 5.74) is 2.61. The Balaban J connectivity index is 1.47. The summed E-state index contributed by atoms with van der Waals surface area (Å²) in [6.45, 7) is 3.54. The summed E-state index contributed by atoms with van der Waals surface area (Å²) in [5, 5.41) is 8.19. The number of ether oxygens (including phenoxy) is 1. The van der Waals surface area contributed by atoms with Gasteiger partial charge >= 0.3 is 5.97 Å². The summed E-state index contributed by atoms with van der Waals surface area (Å²) in [7, 11) is 0. The standard InChI is InChI=1S/C18H17N3O4S/c1-11-5-6-13(8-12(11)2)17(23)19-9-16(22)24-10-15-20-18(25-21-15)14-4-3-7-26-14/h3-8H,9-10H2,1-2H3,(H,19,23). The first-order chi connectivity index (χ1) is 12.5. The Labute approximate surface area is 154 Å². The fourth-order valence-electron chi connectivity index (χ4n) is 2.15. The molecule has 1 amide bonds. The van der Waals surface area contributed by atoms with Crippen LogP contribution < -0.4 is 5.32 Å². The number of nitrogens with one attached hydrogen (secondary N) is 1. The maximum atomic E-state index is 12.1. The van der Waals surface area contributed by atoms with Gasteiger partial charge in [-0.25, -0.2) is 0 Å². The van der Waals surface area contributed by atoms with Crippen molar-refractivity contribution in [3.8, 4) is 10.8 Å². The van der Waals surface area contributed by atoms with Crippen molar-refractivity contribution in [3.63, 3.8) is 0 Å². The number of esters is 1. The van der Waals surface area contributed by atoms with Gasteiger partial charge in [-0.05, 0) is 48.6 Å². The Morgan fingerprint density at radius 2 is 2.08 bits per heavy atom. The number of nitrogens with zero attached hydrogens (tertiary/aromatic N) is 2. The molecule has 134 valence electrons. The van der Waals surface area contributed by atoms with E-state index in [0.717, 1.165) is 16.0 Å². The first-order valence-corrected chi connectivity index (χ1v) is 8.78. The number of aryl methyl sites for hydroxylation is 2. The maximum absolute atomic E-state index is 12.1. The third kappa shape index (κ3) is 4.34. The molecule has 0 radical (unpaired) electrons. The van der Waals surface area contributed by atoms with Crippen molar-refractivity contribution >= 4 is 23.2 Å². The number of benzene rings is 1.